The first-order chi connectivity index (χ1) is 8.28. The molecule has 2 nitrogen and oxygen atoms in total. The molecule has 0 amide bonds. The van der Waals surface area contributed by atoms with E-state index in [0.29, 0.717) is 12.5 Å². The van der Waals surface area contributed by atoms with E-state index in [1.165, 1.54) is 32.1 Å². The van der Waals surface area contributed by atoms with Gasteiger partial charge in [0.15, 0.2) is 0 Å². The largest absolute Gasteiger partial charge is 0.390 e. The molecule has 2 heteroatoms. The Hall–Kier alpha value is -0.0800. The van der Waals surface area contributed by atoms with E-state index in [9.17, 15) is 5.11 Å². The highest BCUT2D eigenvalue weighted by molar-refractivity contribution is 5.00. The van der Waals surface area contributed by atoms with Crippen molar-refractivity contribution < 1.29 is 9.84 Å². The monoisotopic (exact) mass is 238 g/mol. The van der Waals surface area contributed by atoms with Crippen molar-refractivity contribution in [2.45, 2.75) is 51.6 Å². The van der Waals surface area contributed by atoms with Gasteiger partial charge in [0.2, 0.25) is 0 Å². The standard InChI is InChI=1S/C15H26O2/c1-2-3-17-9-14(16)15-12-5-10-4-11(7-12)8-13(15)6-10/h10-16H,2-9H2,1H3. The Morgan fingerprint density at radius 2 is 1.65 bits per heavy atom. The van der Waals surface area contributed by atoms with Crippen LogP contribution >= 0.6 is 0 Å². The van der Waals surface area contributed by atoms with Gasteiger partial charge >= 0.3 is 0 Å². The van der Waals surface area contributed by atoms with Gasteiger partial charge in [-0.25, -0.2) is 0 Å². The third-order valence-electron chi connectivity index (χ3n) is 5.38. The van der Waals surface area contributed by atoms with Gasteiger partial charge in [-0.3, -0.25) is 0 Å². The van der Waals surface area contributed by atoms with Gasteiger partial charge < -0.3 is 9.84 Å². The third kappa shape index (κ3) is 2.26. The zero-order valence-electron chi connectivity index (χ0n) is 11.0. The summed E-state index contributed by atoms with van der Waals surface area (Å²) in [6, 6.07) is 0. The van der Waals surface area contributed by atoms with Crippen molar-refractivity contribution in [3.05, 3.63) is 0 Å². The third-order valence-corrected chi connectivity index (χ3v) is 5.38. The Bertz CT molecular complexity index is 236. The normalized spacial score (nSPS) is 45.2. The van der Waals surface area contributed by atoms with E-state index < -0.39 is 0 Å². The second kappa shape index (κ2) is 4.89. The van der Waals surface area contributed by atoms with Crippen molar-refractivity contribution in [2.24, 2.45) is 29.6 Å². The molecule has 4 aliphatic carbocycles. The quantitative estimate of drug-likeness (QED) is 0.746. The lowest BCUT2D eigenvalue weighted by atomic mass is 9.51. The summed E-state index contributed by atoms with van der Waals surface area (Å²) in [6.07, 6.45) is 7.91. The smallest absolute Gasteiger partial charge is 0.0807 e. The molecule has 1 atom stereocenters. The summed E-state index contributed by atoms with van der Waals surface area (Å²) in [5.74, 6) is 4.17. The van der Waals surface area contributed by atoms with Gasteiger partial charge in [0.05, 0.1) is 12.7 Å². The molecule has 4 fully saturated rings. The van der Waals surface area contributed by atoms with Gasteiger partial charge in [0.1, 0.15) is 0 Å². The summed E-state index contributed by atoms with van der Waals surface area (Å²) >= 11 is 0. The van der Waals surface area contributed by atoms with E-state index in [0.717, 1.165) is 36.7 Å². The Kier molecular flexibility index (Phi) is 3.45. The van der Waals surface area contributed by atoms with Crippen LogP contribution in [0.1, 0.15) is 45.4 Å². The second-order valence-electron chi connectivity index (χ2n) is 6.65. The van der Waals surface area contributed by atoms with Crippen molar-refractivity contribution in [1.82, 2.24) is 0 Å². The molecule has 17 heavy (non-hydrogen) atoms. The fourth-order valence-corrected chi connectivity index (χ4v) is 5.06. The number of aliphatic hydroxyl groups excluding tert-OH is 1. The number of aliphatic hydroxyl groups is 1. The molecule has 4 saturated carbocycles. The van der Waals surface area contributed by atoms with Crippen molar-refractivity contribution in [1.29, 1.82) is 0 Å². The van der Waals surface area contributed by atoms with Crippen LogP contribution in [0, 0.1) is 29.6 Å². The van der Waals surface area contributed by atoms with Gasteiger partial charge in [-0.2, -0.15) is 0 Å². The van der Waals surface area contributed by atoms with E-state index in [1.807, 2.05) is 0 Å². The van der Waals surface area contributed by atoms with Crippen molar-refractivity contribution >= 4 is 0 Å². The Morgan fingerprint density at radius 1 is 1.06 bits per heavy atom. The van der Waals surface area contributed by atoms with Crippen molar-refractivity contribution in [3.63, 3.8) is 0 Å². The van der Waals surface area contributed by atoms with Crippen molar-refractivity contribution in [3.8, 4) is 0 Å². The summed E-state index contributed by atoms with van der Waals surface area (Å²) in [5.41, 5.74) is 0. The molecular weight excluding hydrogens is 212 g/mol. The molecule has 0 aromatic rings. The van der Waals surface area contributed by atoms with Gasteiger partial charge in [-0.1, -0.05) is 6.92 Å². The van der Waals surface area contributed by atoms with Crippen LogP contribution in [-0.2, 0) is 4.74 Å². The summed E-state index contributed by atoms with van der Waals surface area (Å²) in [7, 11) is 0. The molecule has 1 N–H and O–H groups in total. The highest BCUT2D eigenvalue weighted by atomic mass is 16.5. The fraction of sp³-hybridized carbons (Fsp3) is 1.00. The molecule has 1 unspecified atom stereocenters. The molecule has 0 heterocycles. The Balaban J connectivity index is 1.59. The lowest BCUT2D eigenvalue weighted by molar-refractivity contribution is -0.109. The van der Waals surface area contributed by atoms with Crippen LogP contribution in [-0.4, -0.2) is 24.4 Å². The topological polar surface area (TPSA) is 29.5 Å². The van der Waals surface area contributed by atoms with Gasteiger partial charge in [-0.15, -0.1) is 0 Å². The van der Waals surface area contributed by atoms with E-state index in [-0.39, 0.29) is 6.10 Å². The number of ether oxygens (including phenoxy) is 1. The number of rotatable bonds is 5. The summed E-state index contributed by atoms with van der Waals surface area (Å²) < 4.78 is 5.55. The molecule has 0 aromatic carbocycles. The number of hydrogen-bond acceptors (Lipinski definition) is 2. The first-order valence-corrected chi connectivity index (χ1v) is 7.53. The maximum atomic E-state index is 10.4. The molecule has 4 rings (SSSR count). The Morgan fingerprint density at radius 3 is 2.18 bits per heavy atom. The minimum absolute atomic E-state index is 0.198. The first kappa shape index (κ1) is 12.0. The lowest BCUT2D eigenvalue weighted by Crippen LogP contribution is -2.50. The van der Waals surface area contributed by atoms with E-state index in [2.05, 4.69) is 6.92 Å². The minimum Gasteiger partial charge on any atom is -0.390 e. The predicted molar refractivity (Wildman–Crippen MR) is 67.7 cm³/mol. The lowest BCUT2D eigenvalue weighted by Gasteiger charge is -2.55. The van der Waals surface area contributed by atoms with Crippen LogP contribution in [0.2, 0.25) is 0 Å². The van der Waals surface area contributed by atoms with Crippen LogP contribution in [0.25, 0.3) is 0 Å². The molecule has 98 valence electrons. The molecule has 0 spiro atoms. The van der Waals surface area contributed by atoms with Crippen LogP contribution in [0.15, 0.2) is 0 Å². The van der Waals surface area contributed by atoms with Crippen LogP contribution < -0.4 is 0 Å². The fourth-order valence-electron chi connectivity index (χ4n) is 5.06. The van der Waals surface area contributed by atoms with E-state index in [1.54, 1.807) is 0 Å². The van der Waals surface area contributed by atoms with Crippen LogP contribution in [0.4, 0.5) is 0 Å². The van der Waals surface area contributed by atoms with E-state index >= 15 is 0 Å². The first-order valence-electron chi connectivity index (χ1n) is 7.53. The molecule has 4 aliphatic rings. The van der Waals surface area contributed by atoms with Gasteiger partial charge in [0.25, 0.3) is 0 Å². The van der Waals surface area contributed by atoms with Crippen molar-refractivity contribution in [2.75, 3.05) is 13.2 Å². The summed E-state index contributed by atoms with van der Waals surface area (Å²) in [6.45, 7) is 3.49. The molecular formula is C15H26O2. The van der Waals surface area contributed by atoms with Gasteiger partial charge in [0, 0.05) is 6.61 Å². The maximum Gasteiger partial charge on any atom is 0.0807 e. The highest BCUT2D eigenvalue weighted by Crippen LogP contribution is 2.57. The van der Waals surface area contributed by atoms with Crippen LogP contribution in [0.5, 0.6) is 0 Å². The average Bonchev–Trinajstić information content (AvgIpc) is 2.27. The highest BCUT2D eigenvalue weighted by Gasteiger charge is 2.50. The SMILES string of the molecule is CCCOCC(O)C1C2CC3CC(C2)CC1C3. The van der Waals surface area contributed by atoms with Crippen LogP contribution in [0.3, 0.4) is 0 Å². The number of hydrogen-bond donors (Lipinski definition) is 1. The maximum absolute atomic E-state index is 10.4. The average molecular weight is 238 g/mol. The zero-order valence-corrected chi connectivity index (χ0v) is 11.0. The summed E-state index contributed by atoms with van der Waals surface area (Å²) in [4.78, 5) is 0. The van der Waals surface area contributed by atoms with E-state index in [4.69, 9.17) is 4.74 Å². The molecule has 0 saturated heterocycles. The minimum atomic E-state index is -0.198. The molecule has 0 aromatic heterocycles. The van der Waals surface area contributed by atoms with Gasteiger partial charge in [-0.05, 0) is 68.1 Å². The Labute approximate surface area is 105 Å². The second-order valence-corrected chi connectivity index (χ2v) is 6.65. The molecule has 0 aliphatic heterocycles. The zero-order chi connectivity index (χ0) is 11.8. The molecule has 0 radical (unpaired) electrons. The molecule has 4 bridgehead atoms. The summed E-state index contributed by atoms with van der Waals surface area (Å²) in [5, 5.41) is 10.4. The predicted octanol–water partition coefficient (Wildman–Crippen LogP) is 2.85.